The number of likely N-dealkylation sites (N-methyl/N-ethyl adjacent to an activating group) is 2. The average Bonchev–Trinajstić information content (AvgIpc) is 3.22. The van der Waals surface area contributed by atoms with Gasteiger partial charge in [0.25, 0.3) is 0 Å². The quantitative estimate of drug-likeness (QED) is 0.391. The van der Waals surface area contributed by atoms with Gasteiger partial charge in [-0.15, -0.1) is 0 Å². The Kier molecular flexibility index (Phi) is 9.06. The number of rotatable bonds is 13. The Morgan fingerprint density at radius 3 is 2.03 bits per heavy atom. The molecule has 2 heterocycles. The molecule has 0 radical (unpaired) electrons. The van der Waals surface area contributed by atoms with Gasteiger partial charge in [0.2, 0.25) is 0 Å². The number of aromatic nitrogens is 3. The summed E-state index contributed by atoms with van der Waals surface area (Å²) in [7, 11) is 0. The van der Waals surface area contributed by atoms with E-state index in [1.54, 1.807) is 0 Å². The van der Waals surface area contributed by atoms with Crippen LogP contribution in [-0.2, 0) is 6.54 Å². The molecule has 6 heteroatoms. The van der Waals surface area contributed by atoms with Crippen LogP contribution in [0.25, 0.3) is 22.6 Å². The van der Waals surface area contributed by atoms with Gasteiger partial charge in [-0.3, -0.25) is 0 Å². The first-order chi connectivity index (χ1) is 15.6. The van der Waals surface area contributed by atoms with E-state index in [2.05, 4.69) is 89.2 Å². The minimum atomic E-state index is 0.815. The first-order valence-corrected chi connectivity index (χ1v) is 12.3. The fourth-order valence-corrected chi connectivity index (χ4v) is 4.32. The van der Waals surface area contributed by atoms with Crippen molar-refractivity contribution in [3.05, 3.63) is 42.6 Å². The van der Waals surface area contributed by atoms with Crippen molar-refractivity contribution in [2.45, 2.75) is 41.2 Å². The molecule has 0 aliphatic rings. The SMILES string of the molecule is CCN(CC)CCN(CCN(CC)CC)c1cccc(-c2nc3ncccc3n2CC)c1. The van der Waals surface area contributed by atoms with Gasteiger partial charge >= 0.3 is 0 Å². The van der Waals surface area contributed by atoms with Gasteiger partial charge in [-0.2, -0.15) is 0 Å². The maximum Gasteiger partial charge on any atom is 0.178 e. The molecule has 0 bridgehead atoms. The van der Waals surface area contributed by atoms with Gasteiger partial charge < -0.3 is 19.3 Å². The lowest BCUT2D eigenvalue weighted by molar-refractivity contribution is 0.294. The summed E-state index contributed by atoms with van der Waals surface area (Å²) in [6, 6.07) is 13.0. The third-order valence-corrected chi connectivity index (χ3v) is 6.47. The van der Waals surface area contributed by atoms with Crippen LogP contribution >= 0.6 is 0 Å². The van der Waals surface area contributed by atoms with Crippen molar-refractivity contribution in [2.24, 2.45) is 0 Å². The molecule has 0 unspecified atom stereocenters. The summed E-state index contributed by atoms with van der Waals surface area (Å²) in [5, 5.41) is 0. The molecule has 1 aromatic carbocycles. The van der Waals surface area contributed by atoms with Crippen LogP contribution in [0.15, 0.2) is 42.6 Å². The smallest absolute Gasteiger partial charge is 0.178 e. The number of pyridine rings is 1. The highest BCUT2D eigenvalue weighted by Gasteiger charge is 2.15. The van der Waals surface area contributed by atoms with Crippen LogP contribution < -0.4 is 4.90 Å². The molecule has 0 atom stereocenters. The van der Waals surface area contributed by atoms with Gasteiger partial charge in [-0.25, -0.2) is 9.97 Å². The first-order valence-electron chi connectivity index (χ1n) is 12.3. The largest absolute Gasteiger partial charge is 0.369 e. The highest BCUT2D eigenvalue weighted by Crippen LogP contribution is 2.27. The van der Waals surface area contributed by atoms with E-state index in [9.17, 15) is 0 Å². The molecule has 2 aromatic heterocycles. The number of benzene rings is 1. The van der Waals surface area contributed by atoms with Gasteiger partial charge in [0.05, 0.1) is 5.52 Å². The molecular formula is C26H40N6. The van der Waals surface area contributed by atoms with Crippen LogP contribution in [0.2, 0.25) is 0 Å². The molecule has 0 saturated carbocycles. The molecule has 0 aliphatic carbocycles. The number of anilines is 1. The predicted molar refractivity (Wildman–Crippen MR) is 136 cm³/mol. The van der Waals surface area contributed by atoms with Crippen LogP contribution in [0.3, 0.4) is 0 Å². The van der Waals surface area contributed by atoms with E-state index in [-0.39, 0.29) is 0 Å². The van der Waals surface area contributed by atoms with E-state index < -0.39 is 0 Å². The average molecular weight is 437 g/mol. The molecule has 32 heavy (non-hydrogen) atoms. The highest BCUT2D eigenvalue weighted by molar-refractivity contribution is 5.78. The van der Waals surface area contributed by atoms with Crippen LogP contribution in [0.4, 0.5) is 5.69 Å². The zero-order valence-electron chi connectivity index (χ0n) is 20.6. The van der Waals surface area contributed by atoms with Crippen LogP contribution in [0, 0.1) is 0 Å². The molecular weight excluding hydrogens is 396 g/mol. The van der Waals surface area contributed by atoms with E-state index >= 15 is 0 Å². The normalized spacial score (nSPS) is 11.7. The second kappa shape index (κ2) is 12.0. The second-order valence-corrected chi connectivity index (χ2v) is 8.12. The van der Waals surface area contributed by atoms with Gasteiger partial charge in [-0.1, -0.05) is 39.8 Å². The van der Waals surface area contributed by atoms with Crippen molar-refractivity contribution in [1.82, 2.24) is 24.3 Å². The number of fused-ring (bicyclic) bond motifs is 1. The third kappa shape index (κ3) is 5.67. The Morgan fingerprint density at radius 1 is 0.781 bits per heavy atom. The number of imidazole rings is 1. The maximum absolute atomic E-state index is 4.87. The van der Waals surface area contributed by atoms with E-state index in [1.807, 2.05) is 12.3 Å². The number of aryl methyl sites for hydroxylation is 1. The lowest BCUT2D eigenvalue weighted by Gasteiger charge is -2.30. The van der Waals surface area contributed by atoms with Gasteiger partial charge in [0, 0.05) is 50.2 Å². The van der Waals surface area contributed by atoms with Gasteiger partial charge in [0.1, 0.15) is 5.82 Å². The molecule has 0 saturated heterocycles. The summed E-state index contributed by atoms with van der Waals surface area (Å²) in [6.45, 7) is 20.6. The summed E-state index contributed by atoms with van der Waals surface area (Å²) >= 11 is 0. The van der Waals surface area contributed by atoms with Crippen molar-refractivity contribution in [1.29, 1.82) is 0 Å². The number of hydrogen-bond acceptors (Lipinski definition) is 5. The molecule has 3 aromatic rings. The minimum absolute atomic E-state index is 0.815. The van der Waals surface area contributed by atoms with Gasteiger partial charge in [0.15, 0.2) is 5.65 Å². The van der Waals surface area contributed by atoms with E-state index in [4.69, 9.17) is 4.98 Å². The van der Waals surface area contributed by atoms with Crippen LogP contribution in [-0.4, -0.2) is 76.7 Å². The summed E-state index contributed by atoms with van der Waals surface area (Å²) in [5.41, 5.74) is 4.33. The molecule has 0 N–H and O–H groups in total. The molecule has 3 rings (SSSR count). The number of hydrogen-bond donors (Lipinski definition) is 0. The van der Waals surface area contributed by atoms with Crippen molar-refractivity contribution in [3.8, 4) is 11.4 Å². The van der Waals surface area contributed by atoms with Crippen LogP contribution in [0.1, 0.15) is 34.6 Å². The Hall–Kier alpha value is -2.44. The minimum Gasteiger partial charge on any atom is -0.369 e. The highest BCUT2D eigenvalue weighted by atomic mass is 15.2. The first kappa shape index (κ1) is 24.2. The zero-order valence-corrected chi connectivity index (χ0v) is 20.6. The molecule has 0 aliphatic heterocycles. The lowest BCUT2D eigenvalue weighted by atomic mass is 10.1. The Labute approximate surface area is 193 Å². The molecule has 6 nitrogen and oxygen atoms in total. The second-order valence-electron chi connectivity index (χ2n) is 8.12. The summed E-state index contributed by atoms with van der Waals surface area (Å²) in [6.07, 6.45) is 1.82. The van der Waals surface area contributed by atoms with E-state index in [0.717, 1.165) is 81.5 Å². The molecule has 0 amide bonds. The third-order valence-electron chi connectivity index (χ3n) is 6.47. The maximum atomic E-state index is 4.87. The molecule has 0 spiro atoms. The fraction of sp³-hybridized carbons (Fsp3) is 0.538. The Bertz CT molecular complexity index is 942. The predicted octanol–water partition coefficient (Wildman–Crippen LogP) is 4.61. The molecule has 0 fully saturated rings. The Morgan fingerprint density at radius 2 is 1.44 bits per heavy atom. The Balaban J connectivity index is 1.91. The van der Waals surface area contributed by atoms with Crippen LogP contribution in [0.5, 0.6) is 0 Å². The topological polar surface area (TPSA) is 40.4 Å². The fourth-order valence-electron chi connectivity index (χ4n) is 4.32. The number of nitrogens with zero attached hydrogens (tertiary/aromatic N) is 6. The van der Waals surface area contributed by atoms with Crippen molar-refractivity contribution in [2.75, 3.05) is 57.3 Å². The van der Waals surface area contributed by atoms with E-state index in [1.165, 1.54) is 5.69 Å². The molecule has 174 valence electrons. The monoisotopic (exact) mass is 436 g/mol. The summed E-state index contributed by atoms with van der Waals surface area (Å²) < 4.78 is 2.26. The van der Waals surface area contributed by atoms with Gasteiger partial charge in [-0.05, 0) is 57.4 Å². The van der Waals surface area contributed by atoms with Crippen molar-refractivity contribution >= 4 is 16.9 Å². The van der Waals surface area contributed by atoms with Crippen molar-refractivity contribution < 1.29 is 0 Å². The lowest BCUT2D eigenvalue weighted by Crippen LogP contribution is -2.40. The zero-order chi connectivity index (χ0) is 22.9. The van der Waals surface area contributed by atoms with Crippen molar-refractivity contribution in [3.63, 3.8) is 0 Å². The summed E-state index contributed by atoms with van der Waals surface area (Å²) in [4.78, 5) is 16.9. The van der Waals surface area contributed by atoms with E-state index in [0.29, 0.717) is 0 Å². The standard InChI is InChI=1S/C26H40N6/c1-6-29(7-2)17-19-31(20-18-30(8-3)9-4)23-14-11-13-22(21-23)26-28-25-24(32(26)10-5)15-12-16-27-25/h11-16,21H,6-10,17-20H2,1-5H3. The summed E-state index contributed by atoms with van der Waals surface area (Å²) in [5.74, 6) is 0.996.